The molecule has 1 amide bonds. The zero-order valence-electron chi connectivity index (χ0n) is 13.4. The molecule has 0 bridgehead atoms. The van der Waals surface area contributed by atoms with Gasteiger partial charge in [0.05, 0.1) is 17.0 Å². The smallest absolute Gasteiger partial charge is 0.296 e. The Kier molecular flexibility index (Phi) is 6.16. The van der Waals surface area contributed by atoms with Crippen LogP contribution in [0.4, 0.5) is 8.78 Å². The van der Waals surface area contributed by atoms with Gasteiger partial charge >= 0.3 is 0 Å². The molecule has 2 N–H and O–H groups in total. The number of hydrogen-bond acceptors (Lipinski definition) is 3. The Balaban J connectivity index is 0.000000284. The maximum Gasteiger partial charge on any atom is 0.296 e. The Bertz CT molecular complexity index is 641. The maximum absolute atomic E-state index is 12.0. The molecule has 0 radical (unpaired) electrons. The van der Waals surface area contributed by atoms with Crippen molar-refractivity contribution in [3.05, 3.63) is 33.5 Å². The van der Waals surface area contributed by atoms with Crippen LogP contribution in [-0.2, 0) is 9.59 Å². The molecule has 0 aromatic rings. The number of rotatable bonds is 2. The SMILES string of the molecule is C/C=C1\C(=N)C(Br)=CC2=C1C(=O)C(=O)N2.CC(C)CC(C)(F)F. The standard InChI is InChI=1S/C10H7BrN2O2.C6H12F2/c1-2-4-7-6(3-5(11)8(4)12)13-10(15)9(7)14;1-5(2)4-6(3,7)8/h2-3,12H,1H3,(H,13,14,15);5H,4H2,1-3H3/b4-2-,12-8?;. The van der Waals surface area contributed by atoms with E-state index in [4.69, 9.17) is 5.41 Å². The van der Waals surface area contributed by atoms with Crippen LogP contribution < -0.4 is 5.32 Å². The molecule has 1 aliphatic carbocycles. The lowest BCUT2D eigenvalue weighted by atomic mass is 9.93. The van der Waals surface area contributed by atoms with Gasteiger partial charge in [0.25, 0.3) is 11.7 Å². The topological polar surface area (TPSA) is 70.0 Å². The van der Waals surface area contributed by atoms with E-state index in [-0.39, 0.29) is 18.1 Å². The maximum atomic E-state index is 12.0. The van der Waals surface area contributed by atoms with Crippen molar-refractivity contribution in [2.45, 2.75) is 40.0 Å². The minimum atomic E-state index is -2.48. The second kappa shape index (κ2) is 7.29. The molecule has 0 saturated carbocycles. The average Bonchev–Trinajstić information content (AvgIpc) is 2.65. The summed E-state index contributed by atoms with van der Waals surface area (Å²) >= 11 is 3.21. The minimum absolute atomic E-state index is 0.00694. The van der Waals surface area contributed by atoms with Gasteiger partial charge in [0.1, 0.15) is 0 Å². The van der Waals surface area contributed by atoms with Crippen molar-refractivity contribution in [3.8, 4) is 0 Å². The largest absolute Gasteiger partial charge is 0.318 e. The minimum Gasteiger partial charge on any atom is -0.318 e. The van der Waals surface area contributed by atoms with E-state index >= 15 is 0 Å². The van der Waals surface area contributed by atoms with Crippen molar-refractivity contribution in [2.75, 3.05) is 0 Å². The summed E-state index contributed by atoms with van der Waals surface area (Å²) < 4.78 is 24.5. The Morgan fingerprint density at radius 1 is 1.39 bits per heavy atom. The fraction of sp³-hybridized carbons (Fsp3) is 0.438. The molecule has 2 rings (SSSR count). The zero-order valence-corrected chi connectivity index (χ0v) is 15.0. The molecule has 0 atom stereocenters. The molecule has 0 fully saturated rings. The molecule has 23 heavy (non-hydrogen) atoms. The van der Waals surface area contributed by atoms with Crippen LogP contribution in [-0.4, -0.2) is 23.3 Å². The number of ketones is 1. The van der Waals surface area contributed by atoms with Crippen LogP contribution in [0, 0.1) is 11.3 Å². The first-order valence-electron chi connectivity index (χ1n) is 7.09. The molecule has 0 spiro atoms. The molecule has 2 aliphatic rings. The first-order chi connectivity index (χ1) is 10.5. The number of amides is 1. The molecule has 0 unspecified atom stereocenters. The Morgan fingerprint density at radius 3 is 2.35 bits per heavy atom. The van der Waals surface area contributed by atoms with Crippen molar-refractivity contribution in [2.24, 2.45) is 5.92 Å². The third-order valence-corrected chi connectivity index (χ3v) is 3.68. The Morgan fingerprint density at radius 2 is 1.96 bits per heavy atom. The molecule has 0 aromatic heterocycles. The van der Waals surface area contributed by atoms with Gasteiger partial charge in [0.15, 0.2) is 0 Å². The van der Waals surface area contributed by atoms with Crippen molar-refractivity contribution < 1.29 is 18.4 Å². The van der Waals surface area contributed by atoms with Gasteiger partial charge in [-0.25, -0.2) is 8.78 Å². The predicted molar refractivity (Wildman–Crippen MR) is 88.7 cm³/mol. The summed E-state index contributed by atoms with van der Waals surface area (Å²) in [4.78, 5) is 22.7. The Hall–Kier alpha value is -1.63. The van der Waals surface area contributed by atoms with Gasteiger partial charge in [-0.3, -0.25) is 15.0 Å². The van der Waals surface area contributed by atoms with E-state index in [1.54, 1.807) is 32.9 Å². The first kappa shape index (κ1) is 19.4. The van der Waals surface area contributed by atoms with E-state index in [0.29, 0.717) is 21.3 Å². The lowest BCUT2D eigenvalue weighted by Crippen LogP contribution is -2.20. The molecular formula is C16H19BrF2N2O2. The molecule has 1 heterocycles. The van der Waals surface area contributed by atoms with E-state index in [1.165, 1.54) is 0 Å². The molecule has 4 nitrogen and oxygen atoms in total. The van der Waals surface area contributed by atoms with E-state index in [2.05, 4.69) is 21.2 Å². The zero-order chi connectivity index (χ0) is 17.9. The van der Waals surface area contributed by atoms with Gasteiger partial charge in [-0.05, 0) is 41.8 Å². The van der Waals surface area contributed by atoms with Gasteiger partial charge in [-0.15, -0.1) is 0 Å². The quantitative estimate of drug-likeness (QED) is 0.704. The van der Waals surface area contributed by atoms with Crippen LogP contribution in [0.1, 0.15) is 34.1 Å². The summed E-state index contributed by atoms with van der Waals surface area (Å²) in [6.45, 7) is 6.26. The fourth-order valence-corrected chi connectivity index (χ4v) is 2.75. The van der Waals surface area contributed by atoms with Crippen molar-refractivity contribution in [1.29, 1.82) is 5.41 Å². The highest BCUT2D eigenvalue weighted by Gasteiger charge is 2.36. The van der Waals surface area contributed by atoms with E-state index in [1.807, 2.05) is 0 Å². The van der Waals surface area contributed by atoms with E-state index < -0.39 is 17.6 Å². The van der Waals surface area contributed by atoms with Gasteiger partial charge in [0.2, 0.25) is 5.92 Å². The molecule has 0 aromatic carbocycles. The van der Waals surface area contributed by atoms with Gasteiger partial charge in [-0.2, -0.15) is 0 Å². The lowest BCUT2D eigenvalue weighted by Gasteiger charge is -2.14. The number of carbonyl (C=O) groups is 2. The second-order valence-corrected chi connectivity index (χ2v) is 6.66. The summed E-state index contributed by atoms with van der Waals surface area (Å²) in [5.74, 6) is -3.59. The van der Waals surface area contributed by atoms with Crippen LogP contribution in [0.2, 0.25) is 0 Å². The van der Waals surface area contributed by atoms with Crippen LogP contribution in [0.15, 0.2) is 33.5 Å². The second-order valence-electron chi connectivity index (χ2n) is 5.81. The van der Waals surface area contributed by atoms with Gasteiger partial charge < -0.3 is 5.32 Å². The molecule has 1 aliphatic heterocycles. The number of allylic oxidation sites excluding steroid dienone is 4. The number of carbonyl (C=O) groups excluding carboxylic acids is 2. The van der Waals surface area contributed by atoms with Gasteiger partial charge in [-0.1, -0.05) is 19.9 Å². The Labute approximate surface area is 142 Å². The first-order valence-corrected chi connectivity index (χ1v) is 7.88. The fourth-order valence-electron chi connectivity index (χ4n) is 2.31. The molecule has 7 heteroatoms. The monoisotopic (exact) mass is 388 g/mol. The van der Waals surface area contributed by atoms with Crippen LogP contribution in [0.3, 0.4) is 0 Å². The summed E-state index contributed by atoms with van der Waals surface area (Å²) in [6.07, 6.45) is 3.23. The number of halogens is 3. The van der Waals surface area contributed by atoms with Crippen molar-refractivity contribution >= 4 is 33.3 Å². The van der Waals surface area contributed by atoms with Crippen LogP contribution >= 0.6 is 15.9 Å². The molecular weight excluding hydrogens is 370 g/mol. The third-order valence-electron chi connectivity index (χ3n) is 3.05. The number of Topliss-reactive ketones (excluding diaryl/α,β-unsaturated/α-hetero) is 1. The third kappa shape index (κ3) is 4.92. The molecule has 126 valence electrons. The highest BCUT2D eigenvalue weighted by Crippen LogP contribution is 2.31. The summed E-state index contributed by atoms with van der Waals surface area (Å²) in [5.41, 5.74) is 1.49. The van der Waals surface area contributed by atoms with Crippen LogP contribution in [0.5, 0.6) is 0 Å². The van der Waals surface area contributed by atoms with Crippen LogP contribution in [0.25, 0.3) is 0 Å². The van der Waals surface area contributed by atoms with E-state index in [9.17, 15) is 18.4 Å². The molecule has 0 saturated heterocycles. The summed E-state index contributed by atoms with van der Waals surface area (Å²) in [6, 6.07) is 0. The average molecular weight is 389 g/mol. The van der Waals surface area contributed by atoms with E-state index in [0.717, 1.165) is 6.92 Å². The normalized spacial score (nSPS) is 19.6. The van der Waals surface area contributed by atoms with Gasteiger partial charge in [0, 0.05) is 16.5 Å². The number of hydrogen-bond donors (Lipinski definition) is 2. The lowest BCUT2D eigenvalue weighted by molar-refractivity contribution is -0.134. The van der Waals surface area contributed by atoms with Crippen molar-refractivity contribution in [3.63, 3.8) is 0 Å². The highest BCUT2D eigenvalue weighted by atomic mass is 79.9. The predicted octanol–water partition coefficient (Wildman–Crippen LogP) is 3.89. The summed E-state index contributed by atoms with van der Waals surface area (Å²) in [5, 5.41) is 10.2. The summed E-state index contributed by atoms with van der Waals surface area (Å²) in [7, 11) is 0. The van der Waals surface area contributed by atoms with Crippen molar-refractivity contribution in [1.82, 2.24) is 5.32 Å². The highest BCUT2D eigenvalue weighted by molar-refractivity contribution is 9.12. The number of alkyl halides is 2. The number of nitrogens with one attached hydrogen (secondary N) is 2.